The maximum Gasteiger partial charge on any atom is 0.328 e. The molecule has 0 aliphatic carbocycles. The lowest BCUT2D eigenvalue weighted by Crippen LogP contribution is -2.19. The molecule has 2 heterocycles. The molecule has 0 fully saturated rings. The Morgan fingerprint density at radius 1 is 1.08 bits per heavy atom. The Kier molecular flexibility index (Phi) is 3.26. The zero-order valence-corrected chi connectivity index (χ0v) is 13.9. The summed E-state index contributed by atoms with van der Waals surface area (Å²) in [6, 6.07) is 9.56. The first-order chi connectivity index (χ1) is 12.4. The van der Waals surface area contributed by atoms with Gasteiger partial charge in [-0.2, -0.15) is 0 Å². The van der Waals surface area contributed by atoms with Crippen LogP contribution in [-0.4, -0.2) is 24.0 Å². The van der Waals surface area contributed by atoms with E-state index >= 15 is 0 Å². The van der Waals surface area contributed by atoms with Crippen LogP contribution in [0.25, 0.3) is 33.3 Å². The second kappa shape index (κ2) is 5.38. The second-order valence-electron chi connectivity index (χ2n) is 5.95. The lowest BCUT2D eigenvalue weighted by atomic mass is 10.1. The van der Waals surface area contributed by atoms with Crippen molar-refractivity contribution in [2.45, 2.75) is 0 Å². The minimum atomic E-state index is -0.554. The number of para-hydroxylation sites is 1. The van der Waals surface area contributed by atoms with E-state index in [2.05, 4.69) is 9.97 Å². The van der Waals surface area contributed by atoms with Crippen molar-refractivity contribution in [2.75, 3.05) is 0 Å². The molecular weight excluding hydrogens is 338 g/mol. The van der Waals surface area contributed by atoms with Gasteiger partial charge in [-0.25, -0.2) is 9.78 Å². The summed E-state index contributed by atoms with van der Waals surface area (Å²) in [6.45, 7) is 0. The third-order valence-electron chi connectivity index (χ3n) is 4.45. The molecule has 0 aliphatic heterocycles. The highest BCUT2D eigenvalue weighted by Gasteiger charge is 2.22. The lowest BCUT2D eigenvalue weighted by molar-refractivity contribution is -0.384. The molecule has 0 bridgehead atoms. The summed E-state index contributed by atoms with van der Waals surface area (Å²) in [5, 5.41) is 12.0. The Morgan fingerprint density at radius 2 is 1.73 bits per heavy atom. The topological polar surface area (TPSA) is 116 Å². The zero-order chi connectivity index (χ0) is 18.6. The summed E-state index contributed by atoms with van der Waals surface area (Å²) in [7, 11) is 3.13. The van der Waals surface area contributed by atoms with Crippen molar-refractivity contribution in [3.05, 3.63) is 67.4 Å². The van der Waals surface area contributed by atoms with Crippen LogP contribution in [0, 0.1) is 10.1 Å². The summed E-state index contributed by atoms with van der Waals surface area (Å²) in [5.74, 6) is 0.0820. The molecule has 26 heavy (non-hydrogen) atoms. The molecule has 0 aliphatic rings. The molecule has 0 amide bonds. The number of rotatable bonds is 2. The number of fused-ring (bicyclic) bond motifs is 2. The van der Waals surface area contributed by atoms with Gasteiger partial charge < -0.3 is 4.98 Å². The number of nitro groups is 1. The number of nitro benzene ring substituents is 1. The maximum atomic E-state index is 12.3. The Balaban J connectivity index is 2.12. The van der Waals surface area contributed by atoms with E-state index in [1.54, 1.807) is 38.4 Å². The molecule has 4 rings (SSSR count). The standard InChI is InChI=1S/C17H13N5O4/c1-20-13-7-10(12(22(25)26)8-14(13)21(2)17(20)24)15-18-11-6-4-3-5-9(11)16(23)19-15/h3-8H,1-2H3,(H,18,19,23). The van der Waals surface area contributed by atoms with Crippen LogP contribution in [0.5, 0.6) is 0 Å². The van der Waals surface area contributed by atoms with Crippen LogP contribution < -0.4 is 11.2 Å². The SMILES string of the molecule is Cn1c(=O)n(C)c2cc([N+](=O)[O-])c(-c3nc4ccccc4c(=O)[nH]3)cc21. The first-order valence-electron chi connectivity index (χ1n) is 7.72. The molecule has 130 valence electrons. The van der Waals surface area contributed by atoms with Gasteiger partial charge in [-0.05, 0) is 18.2 Å². The molecule has 0 spiro atoms. The molecule has 1 N–H and O–H groups in total. The molecule has 0 saturated carbocycles. The highest BCUT2D eigenvalue weighted by molar-refractivity contribution is 5.88. The van der Waals surface area contributed by atoms with Crippen molar-refractivity contribution in [2.24, 2.45) is 14.1 Å². The Labute approximate surface area is 145 Å². The third-order valence-corrected chi connectivity index (χ3v) is 4.45. The molecule has 4 aromatic rings. The van der Waals surface area contributed by atoms with Crippen LogP contribution in [-0.2, 0) is 14.1 Å². The normalized spacial score (nSPS) is 11.3. The van der Waals surface area contributed by atoms with Crippen LogP contribution >= 0.6 is 0 Å². The van der Waals surface area contributed by atoms with Crippen molar-refractivity contribution >= 4 is 27.6 Å². The minimum Gasteiger partial charge on any atom is -0.306 e. The number of aromatic amines is 1. The quantitative estimate of drug-likeness (QED) is 0.436. The smallest absolute Gasteiger partial charge is 0.306 e. The number of hydrogen-bond donors (Lipinski definition) is 1. The van der Waals surface area contributed by atoms with Crippen LogP contribution in [0.2, 0.25) is 0 Å². The van der Waals surface area contributed by atoms with E-state index in [1.165, 1.54) is 21.3 Å². The highest BCUT2D eigenvalue weighted by Crippen LogP contribution is 2.31. The number of aryl methyl sites for hydroxylation is 2. The summed E-state index contributed by atoms with van der Waals surface area (Å²) in [4.78, 5) is 42.4. The van der Waals surface area contributed by atoms with Gasteiger partial charge in [-0.3, -0.25) is 24.0 Å². The van der Waals surface area contributed by atoms with Crippen molar-refractivity contribution in [3.63, 3.8) is 0 Å². The van der Waals surface area contributed by atoms with E-state index in [1.807, 2.05) is 0 Å². The van der Waals surface area contributed by atoms with Crippen LogP contribution in [0.15, 0.2) is 46.0 Å². The van der Waals surface area contributed by atoms with Crippen LogP contribution in [0.3, 0.4) is 0 Å². The van der Waals surface area contributed by atoms with Gasteiger partial charge in [0.1, 0.15) is 5.82 Å². The van der Waals surface area contributed by atoms with Gasteiger partial charge in [0.15, 0.2) is 0 Å². The third kappa shape index (κ3) is 2.14. The summed E-state index contributed by atoms with van der Waals surface area (Å²) in [6.07, 6.45) is 0. The van der Waals surface area contributed by atoms with E-state index in [-0.39, 0.29) is 28.3 Å². The van der Waals surface area contributed by atoms with E-state index < -0.39 is 4.92 Å². The van der Waals surface area contributed by atoms with Gasteiger partial charge in [0.2, 0.25) is 0 Å². The molecule has 2 aromatic carbocycles. The van der Waals surface area contributed by atoms with E-state index in [4.69, 9.17) is 0 Å². The Hall–Kier alpha value is -3.75. The number of hydrogen-bond acceptors (Lipinski definition) is 5. The number of nitrogens with zero attached hydrogens (tertiary/aromatic N) is 4. The van der Waals surface area contributed by atoms with Gasteiger partial charge in [0.05, 0.1) is 32.4 Å². The average Bonchev–Trinajstić information content (AvgIpc) is 2.84. The van der Waals surface area contributed by atoms with Gasteiger partial charge in [0.25, 0.3) is 11.2 Å². The number of aromatic nitrogens is 4. The first kappa shape index (κ1) is 15.8. The van der Waals surface area contributed by atoms with Gasteiger partial charge >= 0.3 is 5.69 Å². The van der Waals surface area contributed by atoms with Crippen molar-refractivity contribution in [1.29, 1.82) is 0 Å². The number of H-pyrrole nitrogens is 1. The fourth-order valence-corrected chi connectivity index (χ4v) is 3.09. The molecule has 0 unspecified atom stereocenters. The summed E-state index contributed by atoms with van der Waals surface area (Å²) in [5.41, 5.74) is 0.588. The molecule has 0 atom stereocenters. The monoisotopic (exact) mass is 351 g/mol. The van der Waals surface area contributed by atoms with Crippen LogP contribution in [0.1, 0.15) is 0 Å². The number of imidazole rings is 1. The lowest BCUT2D eigenvalue weighted by Gasteiger charge is -2.06. The van der Waals surface area contributed by atoms with Crippen molar-refractivity contribution in [1.82, 2.24) is 19.1 Å². The zero-order valence-electron chi connectivity index (χ0n) is 13.9. The number of nitrogens with one attached hydrogen (secondary N) is 1. The van der Waals surface area contributed by atoms with Gasteiger partial charge in [-0.15, -0.1) is 0 Å². The average molecular weight is 351 g/mol. The number of benzene rings is 2. The Morgan fingerprint density at radius 3 is 2.42 bits per heavy atom. The Bertz CT molecular complexity index is 1330. The molecule has 0 saturated heterocycles. The molecule has 0 radical (unpaired) electrons. The first-order valence-corrected chi connectivity index (χ1v) is 7.72. The minimum absolute atomic E-state index is 0.0820. The molecule has 2 aromatic heterocycles. The van der Waals surface area contributed by atoms with Gasteiger partial charge in [0, 0.05) is 20.2 Å². The predicted octanol–water partition coefficient (Wildman–Crippen LogP) is 1.69. The fraction of sp³-hybridized carbons (Fsp3) is 0.118. The van der Waals surface area contributed by atoms with E-state index in [0.717, 1.165) is 0 Å². The van der Waals surface area contributed by atoms with E-state index in [9.17, 15) is 19.7 Å². The maximum absolute atomic E-state index is 12.3. The molecule has 9 heteroatoms. The van der Waals surface area contributed by atoms with Gasteiger partial charge in [-0.1, -0.05) is 12.1 Å². The molecule has 9 nitrogen and oxygen atoms in total. The largest absolute Gasteiger partial charge is 0.328 e. The van der Waals surface area contributed by atoms with Crippen LogP contribution in [0.4, 0.5) is 5.69 Å². The molecular formula is C17H13N5O4. The van der Waals surface area contributed by atoms with E-state index in [0.29, 0.717) is 21.9 Å². The fourth-order valence-electron chi connectivity index (χ4n) is 3.09. The summed E-state index contributed by atoms with van der Waals surface area (Å²) < 4.78 is 2.73. The summed E-state index contributed by atoms with van der Waals surface area (Å²) >= 11 is 0. The van der Waals surface area contributed by atoms with Crippen molar-refractivity contribution < 1.29 is 4.92 Å². The second-order valence-corrected chi connectivity index (χ2v) is 5.95. The predicted molar refractivity (Wildman–Crippen MR) is 96.2 cm³/mol. The highest BCUT2D eigenvalue weighted by atomic mass is 16.6. The van der Waals surface area contributed by atoms with Crippen molar-refractivity contribution in [3.8, 4) is 11.4 Å².